The SMILES string of the molecule is CCC=CCC=CCC=CCC=CCC=CCC=CCCC(=O)NCc1ccco1. The van der Waals surface area contributed by atoms with Crippen LogP contribution in [0.4, 0.5) is 0 Å². The molecule has 1 heterocycles. The number of nitrogens with one attached hydrogen (secondary N) is 1. The Morgan fingerprint density at radius 2 is 1.30 bits per heavy atom. The summed E-state index contributed by atoms with van der Waals surface area (Å²) in [5.74, 6) is 0.822. The Balaban J connectivity index is 1.94. The largest absolute Gasteiger partial charge is 0.467 e. The van der Waals surface area contributed by atoms with Crippen molar-refractivity contribution in [1.29, 1.82) is 0 Å². The summed E-state index contributed by atoms with van der Waals surface area (Å²) < 4.78 is 5.18. The summed E-state index contributed by atoms with van der Waals surface area (Å²) in [5.41, 5.74) is 0. The first kappa shape index (κ1) is 25.2. The van der Waals surface area contributed by atoms with Crippen LogP contribution in [0.2, 0.25) is 0 Å². The molecule has 0 aliphatic heterocycles. The first-order valence-electron chi connectivity index (χ1n) is 11.0. The van der Waals surface area contributed by atoms with Crippen LogP contribution in [0.5, 0.6) is 0 Å². The predicted molar refractivity (Wildman–Crippen MR) is 128 cm³/mol. The fraction of sp³-hybridized carbons (Fsp3) is 0.370. The van der Waals surface area contributed by atoms with E-state index in [0.29, 0.717) is 13.0 Å². The van der Waals surface area contributed by atoms with Crippen LogP contribution in [-0.4, -0.2) is 5.91 Å². The van der Waals surface area contributed by atoms with Gasteiger partial charge in [-0.1, -0.05) is 79.8 Å². The molecular formula is C27H37NO2. The van der Waals surface area contributed by atoms with Crippen molar-refractivity contribution in [2.45, 2.75) is 64.8 Å². The molecular weight excluding hydrogens is 370 g/mol. The van der Waals surface area contributed by atoms with E-state index in [4.69, 9.17) is 4.42 Å². The zero-order chi connectivity index (χ0) is 21.5. The van der Waals surface area contributed by atoms with E-state index in [-0.39, 0.29) is 5.91 Å². The van der Waals surface area contributed by atoms with E-state index in [1.54, 1.807) is 6.26 Å². The summed E-state index contributed by atoms with van der Waals surface area (Å²) in [6, 6.07) is 3.67. The van der Waals surface area contributed by atoms with E-state index in [9.17, 15) is 4.79 Å². The lowest BCUT2D eigenvalue weighted by Gasteiger charge is -2.00. The third-order valence-corrected chi connectivity index (χ3v) is 4.17. The molecule has 1 N–H and O–H groups in total. The number of hydrogen-bond donors (Lipinski definition) is 1. The van der Waals surface area contributed by atoms with Crippen LogP contribution in [0, 0.1) is 0 Å². The molecule has 0 atom stereocenters. The van der Waals surface area contributed by atoms with Gasteiger partial charge < -0.3 is 9.73 Å². The number of rotatable bonds is 16. The van der Waals surface area contributed by atoms with Crippen molar-refractivity contribution >= 4 is 5.91 Å². The van der Waals surface area contributed by atoms with Gasteiger partial charge in [0.05, 0.1) is 12.8 Å². The van der Waals surface area contributed by atoms with Gasteiger partial charge in [-0.05, 0) is 57.1 Å². The molecule has 1 rings (SSSR count). The molecule has 3 nitrogen and oxygen atoms in total. The number of carbonyl (C=O) groups excluding carboxylic acids is 1. The minimum atomic E-state index is 0.0472. The Labute approximate surface area is 182 Å². The Bertz CT molecular complexity index is 703. The summed E-state index contributed by atoms with van der Waals surface area (Å²) in [4.78, 5) is 11.7. The average molecular weight is 408 g/mol. The normalized spacial score (nSPS) is 12.7. The molecule has 0 spiro atoms. The maximum absolute atomic E-state index is 11.7. The lowest BCUT2D eigenvalue weighted by molar-refractivity contribution is -0.121. The number of furan rings is 1. The molecule has 1 aromatic rings. The van der Waals surface area contributed by atoms with Crippen LogP contribution in [0.3, 0.4) is 0 Å². The molecule has 0 bridgehead atoms. The summed E-state index contributed by atoms with van der Waals surface area (Å²) in [6.07, 6.45) is 35.0. The van der Waals surface area contributed by atoms with Crippen LogP contribution in [-0.2, 0) is 11.3 Å². The van der Waals surface area contributed by atoms with Crippen molar-refractivity contribution in [3.63, 3.8) is 0 Å². The van der Waals surface area contributed by atoms with Gasteiger partial charge in [-0.3, -0.25) is 4.79 Å². The fourth-order valence-electron chi connectivity index (χ4n) is 2.54. The molecule has 30 heavy (non-hydrogen) atoms. The molecule has 162 valence electrons. The molecule has 1 amide bonds. The Hall–Kier alpha value is -2.81. The third kappa shape index (κ3) is 16.2. The second-order valence-corrected chi connectivity index (χ2v) is 6.81. The minimum absolute atomic E-state index is 0.0472. The zero-order valence-electron chi connectivity index (χ0n) is 18.3. The second kappa shape index (κ2) is 19.5. The van der Waals surface area contributed by atoms with Gasteiger partial charge in [0.2, 0.25) is 5.91 Å². The lowest BCUT2D eigenvalue weighted by atomic mass is 10.2. The molecule has 0 radical (unpaired) electrons. The monoisotopic (exact) mass is 407 g/mol. The van der Waals surface area contributed by atoms with Gasteiger partial charge in [0.1, 0.15) is 5.76 Å². The average Bonchev–Trinajstić information content (AvgIpc) is 3.27. The quantitative estimate of drug-likeness (QED) is 0.291. The molecule has 0 saturated heterocycles. The van der Waals surface area contributed by atoms with E-state index in [1.807, 2.05) is 12.1 Å². The lowest BCUT2D eigenvalue weighted by Crippen LogP contribution is -2.21. The first-order chi connectivity index (χ1) is 14.8. The maximum atomic E-state index is 11.7. The standard InChI is InChI=1S/C27H37NO2/c1-2-3-4-5-6-7-8-9-10-11-12-13-14-15-16-17-18-19-20-23-27(29)28-25-26-22-21-24-30-26/h3-4,6-7,9-10,12-13,15-16,18-19,21-22,24H,2,5,8,11,14,17,20,23,25H2,1H3,(H,28,29). The van der Waals surface area contributed by atoms with Crippen LogP contribution in [0.25, 0.3) is 0 Å². The van der Waals surface area contributed by atoms with Gasteiger partial charge in [-0.15, -0.1) is 0 Å². The van der Waals surface area contributed by atoms with Gasteiger partial charge in [0.25, 0.3) is 0 Å². The van der Waals surface area contributed by atoms with Crippen LogP contribution in [0.15, 0.2) is 95.7 Å². The highest BCUT2D eigenvalue weighted by atomic mass is 16.3. The van der Waals surface area contributed by atoms with Gasteiger partial charge >= 0.3 is 0 Å². The second-order valence-electron chi connectivity index (χ2n) is 6.81. The molecule has 3 heteroatoms. The van der Waals surface area contributed by atoms with Crippen molar-refractivity contribution in [3.8, 4) is 0 Å². The van der Waals surface area contributed by atoms with E-state index < -0.39 is 0 Å². The van der Waals surface area contributed by atoms with Crippen LogP contribution in [0.1, 0.15) is 64.1 Å². The van der Waals surface area contributed by atoms with E-state index in [1.165, 1.54) is 0 Å². The zero-order valence-corrected chi connectivity index (χ0v) is 18.3. The molecule has 0 aliphatic carbocycles. The van der Waals surface area contributed by atoms with E-state index in [2.05, 4.69) is 85.2 Å². The summed E-state index contributed by atoms with van der Waals surface area (Å²) in [7, 11) is 0. The molecule has 0 saturated carbocycles. The number of allylic oxidation sites excluding steroid dienone is 12. The van der Waals surface area contributed by atoms with Crippen molar-refractivity contribution in [2.24, 2.45) is 0 Å². The number of amides is 1. The van der Waals surface area contributed by atoms with E-state index in [0.717, 1.165) is 50.7 Å². The molecule has 0 fully saturated rings. The Morgan fingerprint density at radius 3 is 1.77 bits per heavy atom. The van der Waals surface area contributed by atoms with Gasteiger partial charge in [0.15, 0.2) is 0 Å². The van der Waals surface area contributed by atoms with Crippen LogP contribution >= 0.6 is 0 Å². The summed E-state index contributed by atoms with van der Waals surface area (Å²) >= 11 is 0. The van der Waals surface area contributed by atoms with Crippen molar-refractivity contribution < 1.29 is 9.21 Å². The molecule has 1 aromatic heterocycles. The van der Waals surface area contributed by atoms with Crippen molar-refractivity contribution in [3.05, 3.63) is 97.1 Å². The van der Waals surface area contributed by atoms with Gasteiger partial charge in [-0.2, -0.15) is 0 Å². The van der Waals surface area contributed by atoms with E-state index >= 15 is 0 Å². The highest BCUT2D eigenvalue weighted by Crippen LogP contribution is 2.00. The van der Waals surface area contributed by atoms with Gasteiger partial charge in [0, 0.05) is 6.42 Å². The number of hydrogen-bond acceptors (Lipinski definition) is 2. The summed E-state index contributed by atoms with van der Waals surface area (Å²) in [6.45, 7) is 2.61. The maximum Gasteiger partial charge on any atom is 0.220 e. The van der Waals surface area contributed by atoms with Crippen molar-refractivity contribution in [2.75, 3.05) is 0 Å². The number of carbonyl (C=O) groups is 1. The highest BCUT2D eigenvalue weighted by Gasteiger charge is 2.00. The molecule has 0 aromatic carbocycles. The highest BCUT2D eigenvalue weighted by molar-refractivity contribution is 5.75. The minimum Gasteiger partial charge on any atom is -0.467 e. The fourth-order valence-corrected chi connectivity index (χ4v) is 2.54. The third-order valence-electron chi connectivity index (χ3n) is 4.17. The molecule has 0 unspecified atom stereocenters. The first-order valence-corrected chi connectivity index (χ1v) is 11.0. The van der Waals surface area contributed by atoms with Crippen molar-refractivity contribution in [1.82, 2.24) is 5.32 Å². The predicted octanol–water partition coefficient (Wildman–Crippen LogP) is 7.37. The summed E-state index contributed by atoms with van der Waals surface area (Å²) in [5, 5.41) is 2.85. The van der Waals surface area contributed by atoms with Gasteiger partial charge in [-0.25, -0.2) is 0 Å². The Kier molecular flexibility index (Phi) is 16.4. The smallest absolute Gasteiger partial charge is 0.220 e. The molecule has 0 aliphatic rings. The Morgan fingerprint density at radius 1 is 0.800 bits per heavy atom. The topological polar surface area (TPSA) is 42.2 Å². The van der Waals surface area contributed by atoms with Crippen LogP contribution < -0.4 is 5.32 Å².